The van der Waals surface area contributed by atoms with Gasteiger partial charge in [-0.2, -0.15) is 0 Å². The molecule has 5 rings (SSSR count). The molecule has 2 bridgehead atoms. The predicted molar refractivity (Wildman–Crippen MR) is 175 cm³/mol. The van der Waals surface area contributed by atoms with Gasteiger partial charge < -0.3 is 43.2 Å². The maximum Gasteiger partial charge on any atom is 0.331 e. The van der Waals surface area contributed by atoms with Gasteiger partial charge in [0.05, 0.1) is 25.2 Å². The molecular formula is C36H48N2O11. The molecule has 0 amide bonds. The largest absolute Gasteiger partial charge is 0.457 e. The van der Waals surface area contributed by atoms with Gasteiger partial charge in [0.1, 0.15) is 17.8 Å². The number of hydrogen-bond acceptors (Lipinski definition) is 12. The van der Waals surface area contributed by atoms with Crippen LogP contribution in [0, 0.1) is 23.7 Å². The third-order valence-electron chi connectivity index (χ3n) is 9.90. The molecule has 13 heteroatoms. The Morgan fingerprint density at radius 3 is 2.55 bits per heavy atom. The SMILES string of the molecule is CC(=O)OC1COC(OCC2=CC3C(CC(OC(=O)C=Cc4cn(C)cn4)C4(C)C=CC2(O)O4)C(C)=CCC3C(C)C)C(OC(C)=O)C1O. The molecule has 49 heavy (non-hydrogen) atoms. The van der Waals surface area contributed by atoms with Gasteiger partial charge in [0.15, 0.2) is 18.5 Å². The van der Waals surface area contributed by atoms with E-state index in [2.05, 4.69) is 31.8 Å². The lowest BCUT2D eigenvalue weighted by atomic mass is 9.65. The van der Waals surface area contributed by atoms with Crippen molar-refractivity contribution in [3.8, 4) is 0 Å². The highest BCUT2D eigenvalue weighted by Crippen LogP contribution is 2.49. The Hall–Kier alpha value is -3.62. The molecule has 0 aromatic carbocycles. The zero-order valence-electron chi connectivity index (χ0n) is 29.1. The molecule has 3 aliphatic heterocycles. The van der Waals surface area contributed by atoms with E-state index in [4.69, 9.17) is 28.4 Å². The number of ether oxygens (including phenoxy) is 6. The number of imidazole rings is 1. The van der Waals surface area contributed by atoms with E-state index < -0.39 is 60.0 Å². The van der Waals surface area contributed by atoms with Crippen molar-refractivity contribution < 1.29 is 53.0 Å². The summed E-state index contributed by atoms with van der Waals surface area (Å²) in [7, 11) is 1.84. The van der Waals surface area contributed by atoms with Crippen LogP contribution < -0.4 is 0 Å². The first kappa shape index (κ1) is 36.7. The van der Waals surface area contributed by atoms with Crippen molar-refractivity contribution in [1.29, 1.82) is 0 Å². The van der Waals surface area contributed by atoms with Crippen molar-refractivity contribution in [3.63, 3.8) is 0 Å². The van der Waals surface area contributed by atoms with Crippen LogP contribution in [-0.2, 0) is 49.9 Å². The molecule has 10 unspecified atom stereocenters. The van der Waals surface area contributed by atoms with Crippen LogP contribution in [0.25, 0.3) is 6.08 Å². The second kappa shape index (κ2) is 14.7. The Bertz CT molecular complexity index is 1530. The molecule has 0 spiro atoms. The van der Waals surface area contributed by atoms with Gasteiger partial charge in [-0.15, -0.1) is 0 Å². The Labute approximate surface area is 286 Å². The normalized spacial score (nSPS) is 35.9. The number of aliphatic hydroxyl groups is 2. The molecule has 4 heterocycles. The molecule has 4 aliphatic rings. The topological polar surface area (TPSA) is 165 Å². The highest BCUT2D eigenvalue weighted by atomic mass is 16.7. The molecule has 1 saturated heterocycles. The van der Waals surface area contributed by atoms with Gasteiger partial charge in [0.2, 0.25) is 5.79 Å². The summed E-state index contributed by atoms with van der Waals surface area (Å²) in [6, 6.07) is 0. The summed E-state index contributed by atoms with van der Waals surface area (Å²) in [4.78, 5) is 41.0. The van der Waals surface area contributed by atoms with Crippen molar-refractivity contribution in [2.45, 2.75) is 96.5 Å². The van der Waals surface area contributed by atoms with E-state index in [-0.39, 0.29) is 36.9 Å². The van der Waals surface area contributed by atoms with Crippen molar-refractivity contribution in [2.24, 2.45) is 30.7 Å². The molecule has 268 valence electrons. The van der Waals surface area contributed by atoms with Gasteiger partial charge in [0.25, 0.3) is 0 Å². The Morgan fingerprint density at radius 1 is 1.16 bits per heavy atom. The number of esters is 3. The van der Waals surface area contributed by atoms with E-state index in [1.807, 2.05) is 13.1 Å². The van der Waals surface area contributed by atoms with E-state index in [0.29, 0.717) is 17.7 Å². The lowest BCUT2D eigenvalue weighted by Crippen LogP contribution is -2.56. The summed E-state index contributed by atoms with van der Waals surface area (Å²) in [5, 5.41) is 23.1. The third kappa shape index (κ3) is 8.24. The average molecular weight is 685 g/mol. The fourth-order valence-corrected chi connectivity index (χ4v) is 7.25. The molecular weight excluding hydrogens is 636 g/mol. The summed E-state index contributed by atoms with van der Waals surface area (Å²) in [6.07, 6.45) is 9.25. The molecule has 1 aromatic heterocycles. The molecule has 10 atom stereocenters. The smallest absolute Gasteiger partial charge is 0.331 e. The van der Waals surface area contributed by atoms with Gasteiger partial charge in [0, 0.05) is 38.7 Å². The van der Waals surface area contributed by atoms with Crippen LogP contribution >= 0.6 is 0 Å². The van der Waals surface area contributed by atoms with Crippen LogP contribution in [0.15, 0.2) is 54.1 Å². The van der Waals surface area contributed by atoms with Crippen LogP contribution in [0.5, 0.6) is 0 Å². The molecule has 0 radical (unpaired) electrons. The lowest BCUT2D eigenvalue weighted by molar-refractivity contribution is -0.278. The minimum Gasteiger partial charge on any atom is -0.457 e. The van der Waals surface area contributed by atoms with E-state index in [1.165, 1.54) is 26.0 Å². The van der Waals surface area contributed by atoms with E-state index in [9.17, 15) is 24.6 Å². The first-order valence-electron chi connectivity index (χ1n) is 16.7. The average Bonchev–Trinajstić information content (AvgIpc) is 3.60. The first-order valence-corrected chi connectivity index (χ1v) is 16.7. The summed E-state index contributed by atoms with van der Waals surface area (Å²) < 4.78 is 36.8. The number of aryl methyl sites for hydroxylation is 1. The number of allylic oxidation sites excluding steroid dienone is 3. The highest BCUT2D eigenvalue weighted by molar-refractivity contribution is 5.86. The van der Waals surface area contributed by atoms with Crippen LogP contribution in [0.3, 0.4) is 0 Å². The summed E-state index contributed by atoms with van der Waals surface area (Å²) in [6.45, 7) is 10.1. The molecule has 1 aliphatic carbocycles. The molecule has 13 nitrogen and oxygen atoms in total. The summed E-state index contributed by atoms with van der Waals surface area (Å²) >= 11 is 0. The van der Waals surface area contributed by atoms with Gasteiger partial charge >= 0.3 is 17.9 Å². The number of aromatic nitrogens is 2. The maximum atomic E-state index is 13.2. The van der Waals surface area contributed by atoms with Crippen LogP contribution in [0.4, 0.5) is 0 Å². The Kier molecular flexibility index (Phi) is 11.0. The van der Waals surface area contributed by atoms with Gasteiger partial charge in [-0.25, -0.2) is 9.78 Å². The van der Waals surface area contributed by atoms with Crippen molar-refractivity contribution in [1.82, 2.24) is 9.55 Å². The van der Waals surface area contributed by atoms with E-state index in [0.717, 1.165) is 12.0 Å². The minimum atomic E-state index is -1.95. The molecule has 1 aromatic rings. The van der Waals surface area contributed by atoms with Crippen molar-refractivity contribution >= 4 is 24.0 Å². The van der Waals surface area contributed by atoms with Gasteiger partial charge in [-0.1, -0.05) is 31.6 Å². The highest BCUT2D eigenvalue weighted by Gasteiger charge is 2.53. The van der Waals surface area contributed by atoms with Crippen LogP contribution in [-0.4, -0.2) is 93.0 Å². The number of aliphatic hydroxyl groups excluding tert-OH is 1. The lowest BCUT2D eigenvalue weighted by Gasteiger charge is -2.41. The Balaban J connectivity index is 1.45. The van der Waals surface area contributed by atoms with Crippen molar-refractivity contribution in [3.05, 3.63) is 59.7 Å². The van der Waals surface area contributed by atoms with Gasteiger partial charge in [-0.05, 0) is 68.6 Å². The van der Waals surface area contributed by atoms with Crippen LogP contribution in [0.2, 0.25) is 0 Å². The van der Waals surface area contributed by atoms with Gasteiger partial charge in [-0.3, -0.25) is 9.59 Å². The summed E-state index contributed by atoms with van der Waals surface area (Å²) in [5.74, 6) is -3.51. The second-order valence-corrected chi connectivity index (χ2v) is 14.0. The van der Waals surface area contributed by atoms with E-state index >= 15 is 0 Å². The number of fused-ring (bicyclic) bond motifs is 3. The fraction of sp³-hybridized carbons (Fsp3) is 0.611. The zero-order valence-corrected chi connectivity index (χ0v) is 29.1. The molecule has 0 saturated carbocycles. The third-order valence-corrected chi connectivity index (χ3v) is 9.90. The second-order valence-electron chi connectivity index (χ2n) is 14.0. The number of hydrogen-bond donors (Lipinski definition) is 2. The monoisotopic (exact) mass is 684 g/mol. The maximum absolute atomic E-state index is 13.2. The standard InChI is InChI=1S/C36H48N2O11/c1-20(2)26-10-8-21(3)27-15-30(48-31(41)11-9-25-16-38(7)19-37-25)35(6)12-13-36(43,49-35)24(14-28(26)27)17-44-34-33(47-23(5)40)32(42)29(18-45-34)46-22(4)39/h8-9,11-14,16,19-20,26-30,32-34,42-43H,10,15,17-18H2,1-7H3. The number of nitrogens with zero attached hydrogens (tertiary/aromatic N) is 2. The summed E-state index contributed by atoms with van der Waals surface area (Å²) in [5.41, 5.74) is 0.924. The number of rotatable bonds is 9. The fourth-order valence-electron chi connectivity index (χ4n) is 7.25. The van der Waals surface area contributed by atoms with Crippen LogP contribution in [0.1, 0.15) is 60.1 Å². The minimum absolute atomic E-state index is 0.0588. The number of carbonyl (C=O) groups excluding carboxylic acids is 3. The first-order chi connectivity index (χ1) is 23.1. The van der Waals surface area contributed by atoms with Crippen molar-refractivity contribution in [2.75, 3.05) is 13.2 Å². The zero-order chi connectivity index (χ0) is 35.7. The Morgan fingerprint density at radius 2 is 1.90 bits per heavy atom. The molecule has 2 N–H and O–H groups in total. The number of carbonyl (C=O) groups is 3. The molecule has 1 fully saturated rings. The van der Waals surface area contributed by atoms with E-state index in [1.54, 1.807) is 36.2 Å². The quantitative estimate of drug-likeness (QED) is 0.169. The predicted octanol–water partition coefficient (Wildman–Crippen LogP) is 3.16.